The van der Waals surface area contributed by atoms with Crippen LogP contribution in [0.3, 0.4) is 0 Å². The highest BCUT2D eigenvalue weighted by Gasteiger charge is 2.30. The number of hydrogen-bond acceptors (Lipinski definition) is 6. The van der Waals surface area contributed by atoms with Gasteiger partial charge in [-0.3, -0.25) is 9.59 Å². The van der Waals surface area contributed by atoms with E-state index in [0.717, 1.165) is 0 Å². The molecule has 1 aliphatic heterocycles. The Bertz CT molecular complexity index is 893. The molecule has 1 fully saturated rings. The molecule has 12 heteroatoms. The fourth-order valence-electron chi connectivity index (χ4n) is 2.72. The average Bonchev–Trinajstić information content (AvgIpc) is 2.68. The van der Waals surface area contributed by atoms with E-state index in [0.29, 0.717) is 38.3 Å². The Labute approximate surface area is 180 Å². The number of amides is 2. The summed E-state index contributed by atoms with van der Waals surface area (Å²) < 4.78 is 26.8. The highest BCUT2D eigenvalue weighted by atomic mass is 32.2. The minimum Gasteiger partial charge on any atom is -0.473 e. The van der Waals surface area contributed by atoms with Crippen molar-refractivity contribution >= 4 is 39.5 Å². The highest BCUT2D eigenvalue weighted by molar-refractivity contribution is 7.89. The largest absolute Gasteiger partial charge is 0.473 e. The monoisotopic (exact) mass is 457 g/mol. The smallest absolute Gasteiger partial charge is 0.414 e. The topological polar surface area (TPSA) is 161 Å². The van der Waals surface area contributed by atoms with Crippen LogP contribution in [-0.4, -0.2) is 77.8 Å². The molecule has 0 bridgehead atoms. The van der Waals surface area contributed by atoms with Gasteiger partial charge in [-0.15, -0.1) is 0 Å². The van der Waals surface area contributed by atoms with E-state index in [1.807, 2.05) is 13.8 Å². The van der Waals surface area contributed by atoms with Gasteiger partial charge < -0.3 is 20.4 Å². The summed E-state index contributed by atoms with van der Waals surface area (Å²) in [7, 11) is -3.60. The summed E-state index contributed by atoms with van der Waals surface area (Å²) in [6.45, 7) is 6.78. The zero-order valence-corrected chi connectivity index (χ0v) is 18.4. The van der Waals surface area contributed by atoms with Gasteiger partial charge in [0, 0.05) is 45.2 Å². The zero-order chi connectivity index (χ0) is 23.8. The first kappa shape index (κ1) is 26.0. The third kappa shape index (κ3) is 8.34. The van der Waals surface area contributed by atoms with Crippen molar-refractivity contribution in [2.24, 2.45) is 5.92 Å². The number of carbonyl (C=O) groups excluding carboxylic acids is 2. The second-order valence-electron chi connectivity index (χ2n) is 7.20. The molecule has 1 aliphatic rings. The summed E-state index contributed by atoms with van der Waals surface area (Å²) in [5, 5.41) is 17.4. The molecule has 0 spiro atoms. The minimum atomic E-state index is -3.60. The summed E-state index contributed by atoms with van der Waals surface area (Å²) in [5.74, 6) is -3.49. The predicted molar refractivity (Wildman–Crippen MR) is 111 cm³/mol. The van der Waals surface area contributed by atoms with Gasteiger partial charge in [0.2, 0.25) is 21.8 Å². The molecular weight excluding hydrogens is 430 g/mol. The van der Waals surface area contributed by atoms with Crippen LogP contribution in [0.5, 0.6) is 0 Å². The summed E-state index contributed by atoms with van der Waals surface area (Å²) in [5.41, 5.74) is 0.551. The van der Waals surface area contributed by atoms with Gasteiger partial charge in [-0.1, -0.05) is 13.8 Å². The Morgan fingerprint density at radius 1 is 0.968 bits per heavy atom. The van der Waals surface area contributed by atoms with Crippen LogP contribution in [0.25, 0.3) is 0 Å². The van der Waals surface area contributed by atoms with Gasteiger partial charge in [0.25, 0.3) is 0 Å². The van der Waals surface area contributed by atoms with Gasteiger partial charge in [0.15, 0.2) is 0 Å². The SMILES string of the molecule is CC(=O)Nc1ccc(S(=O)(=O)N2CCN(C(=O)CC(C)C)CC2)cc1.O=C(O)C(=O)O. The molecule has 2 amide bonds. The maximum atomic E-state index is 12.7. The quantitative estimate of drug-likeness (QED) is 0.544. The van der Waals surface area contributed by atoms with Crippen LogP contribution < -0.4 is 5.32 Å². The maximum Gasteiger partial charge on any atom is 0.414 e. The number of carboxylic acids is 2. The van der Waals surface area contributed by atoms with Gasteiger partial charge in [0.1, 0.15) is 0 Å². The molecule has 172 valence electrons. The molecule has 31 heavy (non-hydrogen) atoms. The first-order valence-electron chi connectivity index (χ1n) is 9.46. The molecule has 3 N–H and O–H groups in total. The van der Waals surface area contributed by atoms with Crippen LogP contribution >= 0.6 is 0 Å². The van der Waals surface area contributed by atoms with E-state index >= 15 is 0 Å². The molecule has 2 rings (SSSR count). The van der Waals surface area contributed by atoms with E-state index in [2.05, 4.69) is 5.32 Å². The summed E-state index contributed by atoms with van der Waals surface area (Å²) >= 11 is 0. The van der Waals surface area contributed by atoms with Crippen molar-refractivity contribution in [3.63, 3.8) is 0 Å². The van der Waals surface area contributed by atoms with Gasteiger partial charge in [-0.25, -0.2) is 18.0 Å². The van der Waals surface area contributed by atoms with Crippen LogP contribution in [0.15, 0.2) is 29.2 Å². The number of carbonyl (C=O) groups is 4. The van der Waals surface area contributed by atoms with Crippen LogP contribution in [0.2, 0.25) is 0 Å². The molecule has 1 heterocycles. The molecular formula is C19H27N3O8S. The van der Waals surface area contributed by atoms with Crippen molar-refractivity contribution in [2.75, 3.05) is 31.5 Å². The molecule has 1 aromatic carbocycles. The Kier molecular flexibility index (Phi) is 9.59. The number of rotatable bonds is 5. The van der Waals surface area contributed by atoms with Crippen molar-refractivity contribution in [1.29, 1.82) is 0 Å². The first-order valence-corrected chi connectivity index (χ1v) is 10.9. The number of aliphatic carboxylic acids is 2. The number of hydrogen-bond donors (Lipinski definition) is 3. The Morgan fingerprint density at radius 3 is 1.84 bits per heavy atom. The fourth-order valence-corrected chi connectivity index (χ4v) is 4.14. The van der Waals surface area contributed by atoms with Crippen molar-refractivity contribution in [3.05, 3.63) is 24.3 Å². The van der Waals surface area contributed by atoms with Gasteiger partial charge in [-0.2, -0.15) is 4.31 Å². The van der Waals surface area contributed by atoms with E-state index in [-0.39, 0.29) is 22.6 Å². The standard InChI is InChI=1S/C17H25N3O4S.C2H2O4/c1-13(2)12-17(22)19-8-10-20(11-9-19)25(23,24)16-6-4-15(5-7-16)18-14(3)21;3-1(4)2(5)6/h4-7,13H,8-12H2,1-3H3,(H,18,21);(H,3,4)(H,5,6). The van der Waals surface area contributed by atoms with Crippen molar-refractivity contribution < 1.29 is 37.8 Å². The van der Waals surface area contributed by atoms with E-state index < -0.39 is 22.0 Å². The minimum absolute atomic E-state index is 0.0757. The Morgan fingerprint density at radius 2 is 1.45 bits per heavy atom. The Hall–Kier alpha value is -2.99. The lowest BCUT2D eigenvalue weighted by Gasteiger charge is -2.34. The number of carboxylic acid groups (broad SMARTS) is 2. The average molecular weight is 458 g/mol. The molecule has 1 saturated heterocycles. The summed E-state index contributed by atoms with van der Waals surface area (Å²) in [4.78, 5) is 43.2. The lowest BCUT2D eigenvalue weighted by Crippen LogP contribution is -2.50. The highest BCUT2D eigenvalue weighted by Crippen LogP contribution is 2.20. The normalized spacial score (nSPS) is 14.4. The van der Waals surface area contributed by atoms with Crippen molar-refractivity contribution in [3.8, 4) is 0 Å². The number of nitrogens with zero attached hydrogens (tertiary/aromatic N) is 2. The van der Waals surface area contributed by atoms with E-state index in [9.17, 15) is 18.0 Å². The maximum absolute atomic E-state index is 12.7. The van der Waals surface area contributed by atoms with E-state index in [1.165, 1.54) is 23.4 Å². The molecule has 0 aromatic heterocycles. The molecule has 0 saturated carbocycles. The zero-order valence-electron chi connectivity index (χ0n) is 17.6. The molecule has 11 nitrogen and oxygen atoms in total. The number of sulfonamides is 1. The third-order valence-corrected chi connectivity index (χ3v) is 6.08. The van der Waals surface area contributed by atoms with Gasteiger partial charge in [-0.05, 0) is 30.2 Å². The number of benzene rings is 1. The lowest BCUT2D eigenvalue weighted by atomic mass is 10.1. The van der Waals surface area contributed by atoms with Crippen molar-refractivity contribution in [2.45, 2.75) is 32.1 Å². The van der Waals surface area contributed by atoms with Crippen molar-refractivity contribution in [1.82, 2.24) is 9.21 Å². The van der Waals surface area contributed by atoms with Crippen LogP contribution in [-0.2, 0) is 29.2 Å². The van der Waals surface area contributed by atoms with Crippen LogP contribution in [0.4, 0.5) is 5.69 Å². The molecule has 0 atom stereocenters. The molecule has 1 aromatic rings. The first-order chi connectivity index (χ1) is 14.3. The summed E-state index contributed by atoms with van der Waals surface area (Å²) in [6.07, 6.45) is 0.483. The fraction of sp³-hybridized carbons (Fsp3) is 0.474. The molecule has 0 aliphatic carbocycles. The number of nitrogens with one attached hydrogen (secondary N) is 1. The second kappa shape index (κ2) is 11.4. The second-order valence-corrected chi connectivity index (χ2v) is 9.14. The van der Waals surface area contributed by atoms with Gasteiger partial charge in [0.05, 0.1) is 4.90 Å². The predicted octanol–water partition coefficient (Wildman–Crippen LogP) is 0.680. The van der Waals surface area contributed by atoms with E-state index in [4.69, 9.17) is 19.8 Å². The third-order valence-electron chi connectivity index (χ3n) is 4.17. The number of anilines is 1. The molecule has 0 radical (unpaired) electrons. The molecule has 0 unspecified atom stereocenters. The lowest BCUT2D eigenvalue weighted by molar-refractivity contribution is -0.159. The van der Waals surface area contributed by atoms with Gasteiger partial charge >= 0.3 is 11.9 Å². The summed E-state index contributed by atoms with van der Waals surface area (Å²) in [6, 6.07) is 6.10. The Balaban J connectivity index is 0.000000703. The number of piperazine rings is 1. The van der Waals surface area contributed by atoms with Crippen LogP contribution in [0.1, 0.15) is 27.2 Å². The van der Waals surface area contributed by atoms with E-state index in [1.54, 1.807) is 17.0 Å². The van der Waals surface area contributed by atoms with Crippen LogP contribution in [0, 0.1) is 5.92 Å².